The van der Waals surface area contributed by atoms with Crippen LogP contribution in [0.4, 0.5) is 0 Å². The minimum atomic E-state index is -0.903. The summed E-state index contributed by atoms with van der Waals surface area (Å²) in [6, 6.07) is 7.19. The van der Waals surface area contributed by atoms with Gasteiger partial charge in [-0.3, -0.25) is 0 Å². The molecule has 1 atom stereocenters. The molecule has 0 heterocycles. The first kappa shape index (κ1) is 11.5. The fourth-order valence-electron chi connectivity index (χ4n) is 1.54. The molecule has 0 aliphatic carbocycles. The summed E-state index contributed by atoms with van der Waals surface area (Å²) in [5.74, 6) is 0. The molecule has 0 spiro atoms. The summed E-state index contributed by atoms with van der Waals surface area (Å²) in [4.78, 5) is 0. The van der Waals surface area contributed by atoms with Crippen LogP contribution in [0, 0.1) is 0 Å². The third-order valence-electron chi connectivity index (χ3n) is 2.38. The van der Waals surface area contributed by atoms with Gasteiger partial charge < -0.3 is 10.8 Å². The fraction of sp³-hybridized carbons (Fsp3) is 0.455. The highest BCUT2D eigenvalue weighted by molar-refractivity contribution is 6.30. The quantitative estimate of drug-likeness (QED) is 0.806. The van der Waals surface area contributed by atoms with Crippen molar-refractivity contribution in [3.05, 3.63) is 34.9 Å². The summed E-state index contributed by atoms with van der Waals surface area (Å²) in [6.07, 6.45) is 1.57. The lowest BCUT2D eigenvalue weighted by Gasteiger charge is -2.26. The maximum atomic E-state index is 10.2. The van der Waals surface area contributed by atoms with Gasteiger partial charge in [-0.2, -0.15) is 0 Å². The van der Waals surface area contributed by atoms with Gasteiger partial charge in [0.2, 0.25) is 0 Å². The van der Waals surface area contributed by atoms with Crippen LogP contribution in [0.2, 0.25) is 5.02 Å². The second kappa shape index (κ2) is 4.78. The molecule has 0 aliphatic rings. The summed E-state index contributed by atoms with van der Waals surface area (Å²) in [5, 5.41) is 10.9. The number of halogens is 1. The third-order valence-corrected chi connectivity index (χ3v) is 2.63. The Morgan fingerprint density at radius 1 is 1.36 bits per heavy atom. The van der Waals surface area contributed by atoms with Gasteiger partial charge in [-0.05, 0) is 24.1 Å². The number of nitrogens with two attached hydrogens (primary N) is 1. The summed E-state index contributed by atoms with van der Waals surface area (Å²) >= 11 is 5.77. The predicted molar refractivity (Wildman–Crippen MR) is 59.3 cm³/mol. The van der Waals surface area contributed by atoms with E-state index >= 15 is 0 Å². The van der Waals surface area contributed by atoms with Crippen molar-refractivity contribution < 1.29 is 5.11 Å². The maximum absolute atomic E-state index is 10.2. The lowest BCUT2D eigenvalue weighted by molar-refractivity contribution is 0.0359. The van der Waals surface area contributed by atoms with E-state index in [-0.39, 0.29) is 6.54 Å². The number of hydrogen-bond donors (Lipinski definition) is 2. The van der Waals surface area contributed by atoms with Crippen LogP contribution in [0.1, 0.15) is 25.3 Å². The first-order chi connectivity index (χ1) is 6.62. The molecule has 0 aromatic heterocycles. The van der Waals surface area contributed by atoms with E-state index in [1.807, 2.05) is 19.1 Å². The zero-order chi connectivity index (χ0) is 10.6. The molecule has 1 unspecified atom stereocenters. The molecule has 0 bridgehead atoms. The number of hydrogen-bond acceptors (Lipinski definition) is 2. The molecule has 1 aromatic rings. The number of rotatable bonds is 4. The smallest absolute Gasteiger partial charge is 0.102 e. The van der Waals surface area contributed by atoms with E-state index in [9.17, 15) is 5.11 Å². The number of aliphatic hydroxyl groups is 1. The second-order valence-electron chi connectivity index (χ2n) is 3.49. The van der Waals surface area contributed by atoms with E-state index in [1.54, 1.807) is 12.1 Å². The normalized spacial score (nSPS) is 15.1. The van der Waals surface area contributed by atoms with Crippen LogP contribution < -0.4 is 5.73 Å². The first-order valence-corrected chi connectivity index (χ1v) is 5.18. The summed E-state index contributed by atoms with van der Waals surface area (Å²) in [5.41, 5.74) is 5.52. The monoisotopic (exact) mass is 213 g/mol. The first-order valence-electron chi connectivity index (χ1n) is 4.81. The van der Waals surface area contributed by atoms with Crippen molar-refractivity contribution in [3.63, 3.8) is 0 Å². The average molecular weight is 214 g/mol. The Bertz CT molecular complexity index is 286. The van der Waals surface area contributed by atoms with Crippen molar-refractivity contribution >= 4 is 11.6 Å². The highest BCUT2D eigenvalue weighted by Crippen LogP contribution is 2.26. The molecule has 0 radical (unpaired) electrons. The minimum Gasteiger partial charge on any atom is -0.384 e. The molecule has 0 amide bonds. The van der Waals surface area contributed by atoms with Gasteiger partial charge >= 0.3 is 0 Å². The van der Waals surface area contributed by atoms with E-state index in [2.05, 4.69) is 0 Å². The number of benzene rings is 1. The third kappa shape index (κ3) is 2.47. The summed E-state index contributed by atoms with van der Waals surface area (Å²) < 4.78 is 0. The van der Waals surface area contributed by atoms with E-state index in [0.717, 1.165) is 12.0 Å². The van der Waals surface area contributed by atoms with Gasteiger partial charge in [0.05, 0.1) is 0 Å². The van der Waals surface area contributed by atoms with Gasteiger partial charge in [0.1, 0.15) is 5.60 Å². The Morgan fingerprint density at radius 3 is 2.36 bits per heavy atom. The Labute approximate surface area is 89.7 Å². The summed E-state index contributed by atoms with van der Waals surface area (Å²) in [6.45, 7) is 2.26. The highest BCUT2D eigenvalue weighted by atomic mass is 35.5. The van der Waals surface area contributed by atoms with Crippen molar-refractivity contribution in [2.24, 2.45) is 5.73 Å². The Kier molecular flexibility index (Phi) is 3.93. The van der Waals surface area contributed by atoms with E-state index in [0.29, 0.717) is 11.4 Å². The van der Waals surface area contributed by atoms with Gasteiger partial charge in [0, 0.05) is 11.6 Å². The van der Waals surface area contributed by atoms with Crippen LogP contribution >= 0.6 is 11.6 Å². The molecular weight excluding hydrogens is 198 g/mol. The lowest BCUT2D eigenvalue weighted by atomic mass is 9.89. The molecule has 0 fully saturated rings. The van der Waals surface area contributed by atoms with E-state index < -0.39 is 5.60 Å². The topological polar surface area (TPSA) is 46.2 Å². The fourth-order valence-corrected chi connectivity index (χ4v) is 1.66. The highest BCUT2D eigenvalue weighted by Gasteiger charge is 2.25. The van der Waals surface area contributed by atoms with E-state index in [1.165, 1.54) is 0 Å². The van der Waals surface area contributed by atoms with Crippen molar-refractivity contribution in [2.45, 2.75) is 25.4 Å². The average Bonchev–Trinajstić information content (AvgIpc) is 2.19. The van der Waals surface area contributed by atoms with Gasteiger partial charge in [0.25, 0.3) is 0 Å². The van der Waals surface area contributed by atoms with Gasteiger partial charge in [0.15, 0.2) is 0 Å². The molecule has 78 valence electrons. The van der Waals surface area contributed by atoms with Crippen LogP contribution in [-0.4, -0.2) is 11.7 Å². The molecule has 1 aromatic carbocycles. The molecule has 1 rings (SSSR count). The molecule has 14 heavy (non-hydrogen) atoms. The molecule has 3 heteroatoms. The van der Waals surface area contributed by atoms with Crippen LogP contribution in [0.15, 0.2) is 24.3 Å². The molecule has 0 saturated heterocycles. The second-order valence-corrected chi connectivity index (χ2v) is 3.93. The van der Waals surface area contributed by atoms with Crippen molar-refractivity contribution in [1.82, 2.24) is 0 Å². The molecular formula is C11H16ClNO. The van der Waals surface area contributed by atoms with Gasteiger partial charge in [-0.25, -0.2) is 0 Å². The van der Waals surface area contributed by atoms with Crippen molar-refractivity contribution in [1.29, 1.82) is 0 Å². The standard InChI is InChI=1S/C11H16ClNO/c1-2-7-11(14,8-13)9-3-5-10(12)6-4-9/h3-6,14H,2,7-8,13H2,1H3. The zero-order valence-corrected chi connectivity index (χ0v) is 9.09. The zero-order valence-electron chi connectivity index (χ0n) is 8.33. The Balaban J connectivity index is 2.94. The minimum absolute atomic E-state index is 0.239. The Hall–Kier alpha value is -0.570. The summed E-state index contributed by atoms with van der Waals surface area (Å²) in [7, 11) is 0. The lowest BCUT2D eigenvalue weighted by Crippen LogP contribution is -2.34. The predicted octanol–water partition coefficient (Wildman–Crippen LogP) is 2.29. The van der Waals surface area contributed by atoms with Crippen LogP contribution in [0.3, 0.4) is 0 Å². The van der Waals surface area contributed by atoms with Crippen molar-refractivity contribution in [3.8, 4) is 0 Å². The maximum Gasteiger partial charge on any atom is 0.102 e. The van der Waals surface area contributed by atoms with Crippen LogP contribution in [0.5, 0.6) is 0 Å². The molecule has 2 nitrogen and oxygen atoms in total. The van der Waals surface area contributed by atoms with Crippen molar-refractivity contribution in [2.75, 3.05) is 6.54 Å². The van der Waals surface area contributed by atoms with Gasteiger partial charge in [-0.15, -0.1) is 0 Å². The van der Waals surface area contributed by atoms with Gasteiger partial charge in [-0.1, -0.05) is 37.1 Å². The molecule has 3 N–H and O–H groups in total. The Morgan fingerprint density at radius 2 is 1.93 bits per heavy atom. The van der Waals surface area contributed by atoms with E-state index in [4.69, 9.17) is 17.3 Å². The largest absolute Gasteiger partial charge is 0.384 e. The van der Waals surface area contributed by atoms with Crippen LogP contribution in [-0.2, 0) is 5.60 Å². The SMILES string of the molecule is CCCC(O)(CN)c1ccc(Cl)cc1. The molecule has 0 saturated carbocycles. The molecule has 0 aliphatic heterocycles. The van der Waals surface area contributed by atoms with Crippen LogP contribution in [0.25, 0.3) is 0 Å².